The Morgan fingerprint density at radius 1 is 1.12 bits per heavy atom. The minimum absolute atomic E-state index is 0.0477. The van der Waals surface area contributed by atoms with Crippen molar-refractivity contribution < 1.29 is 22.1 Å². The first-order valence-electron chi connectivity index (χ1n) is 10.8. The van der Waals surface area contributed by atoms with Crippen LogP contribution in [-0.2, 0) is 23.2 Å². The van der Waals surface area contributed by atoms with Crippen molar-refractivity contribution in [2.75, 3.05) is 39.5 Å². The van der Waals surface area contributed by atoms with Crippen LogP contribution >= 0.6 is 0 Å². The maximum atomic E-state index is 12.7. The average Bonchev–Trinajstić information content (AvgIpc) is 3.37. The molecule has 1 saturated heterocycles. The number of aromatic nitrogens is 1. The third-order valence-corrected chi connectivity index (χ3v) is 6.51. The van der Waals surface area contributed by atoms with Crippen molar-refractivity contribution in [3.05, 3.63) is 47.0 Å². The molecule has 1 fully saturated rings. The predicted molar refractivity (Wildman–Crippen MR) is 125 cm³/mol. The number of hydrogen-bond donors (Lipinski definition) is 3. The Labute approximate surface area is 192 Å². The van der Waals surface area contributed by atoms with Gasteiger partial charge in [0.2, 0.25) is 0 Å². The second-order valence-corrected chi connectivity index (χ2v) is 9.98. The Hall–Kier alpha value is -3.08. The normalized spacial score (nSPS) is 16.6. The van der Waals surface area contributed by atoms with Crippen molar-refractivity contribution in [1.29, 1.82) is 0 Å². The number of aromatic amines is 1. The number of carbonyl (C=O) groups excluding carboxylic acids is 1. The summed E-state index contributed by atoms with van der Waals surface area (Å²) in [6, 6.07) is 9.99. The van der Waals surface area contributed by atoms with E-state index >= 15 is 0 Å². The summed E-state index contributed by atoms with van der Waals surface area (Å²) in [7, 11) is -2.36. The molecule has 0 unspecified atom stereocenters. The van der Waals surface area contributed by atoms with Gasteiger partial charge >= 0.3 is 10.1 Å². The van der Waals surface area contributed by atoms with Gasteiger partial charge in [-0.1, -0.05) is 6.07 Å². The highest BCUT2D eigenvalue weighted by atomic mass is 32.2. The van der Waals surface area contributed by atoms with E-state index in [-0.39, 0.29) is 24.0 Å². The maximum Gasteiger partial charge on any atom is 0.306 e. The number of nitrogens with zero attached hydrogens (tertiary/aromatic N) is 1. The molecule has 0 aliphatic carbocycles. The molecule has 1 aromatic heterocycles. The molecular weight excluding hydrogens is 444 g/mol. The zero-order chi connectivity index (χ0) is 23.2. The molecule has 174 valence electrons. The lowest BCUT2D eigenvalue weighted by Crippen LogP contribution is -2.42. The predicted octanol–water partition coefficient (Wildman–Crippen LogP) is 1.83. The van der Waals surface area contributed by atoms with Crippen molar-refractivity contribution in [3.8, 4) is 22.8 Å². The van der Waals surface area contributed by atoms with Crippen molar-refractivity contribution in [2.24, 2.45) is 0 Å². The van der Waals surface area contributed by atoms with Gasteiger partial charge in [-0.2, -0.15) is 8.42 Å². The minimum Gasteiger partial charge on any atom is -0.493 e. The van der Waals surface area contributed by atoms with Gasteiger partial charge in [-0.3, -0.25) is 9.69 Å². The topological polar surface area (TPSA) is 113 Å². The molecular formula is C23H26N4O5S. The van der Waals surface area contributed by atoms with Crippen molar-refractivity contribution in [2.45, 2.75) is 13.1 Å². The highest BCUT2D eigenvalue weighted by Gasteiger charge is 2.32. The lowest BCUT2D eigenvalue weighted by molar-refractivity contribution is 0.0966. The molecule has 33 heavy (non-hydrogen) atoms. The number of amides is 1. The number of H-pyrrole nitrogens is 1. The number of carbonyl (C=O) groups is 1. The van der Waals surface area contributed by atoms with Crippen LogP contribution in [0.3, 0.4) is 0 Å². The van der Waals surface area contributed by atoms with E-state index < -0.39 is 10.1 Å². The Morgan fingerprint density at radius 3 is 2.64 bits per heavy atom. The summed E-state index contributed by atoms with van der Waals surface area (Å²) in [6.07, 6.45) is 0.965. The van der Waals surface area contributed by atoms with E-state index in [9.17, 15) is 13.2 Å². The van der Waals surface area contributed by atoms with Gasteiger partial charge < -0.3 is 24.5 Å². The molecule has 3 aromatic rings. The zero-order valence-electron chi connectivity index (χ0n) is 18.5. The third-order valence-electron chi connectivity index (χ3n) is 6.04. The van der Waals surface area contributed by atoms with Crippen molar-refractivity contribution >= 4 is 26.9 Å². The molecule has 0 radical (unpaired) electrons. The molecule has 0 saturated carbocycles. The van der Waals surface area contributed by atoms with Crippen molar-refractivity contribution in [3.63, 3.8) is 0 Å². The number of fused-ring (bicyclic) bond motifs is 2. The lowest BCUT2D eigenvalue weighted by Gasteiger charge is -2.27. The van der Waals surface area contributed by atoms with Crippen LogP contribution in [0.1, 0.15) is 21.5 Å². The van der Waals surface area contributed by atoms with Crippen LogP contribution in [0, 0.1) is 0 Å². The monoisotopic (exact) mass is 470 g/mol. The summed E-state index contributed by atoms with van der Waals surface area (Å²) >= 11 is 0. The Kier molecular flexibility index (Phi) is 5.51. The van der Waals surface area contributed by atoms with Crippen LogP contribution in [0.2, 0.25) is 0 Å². The molecule has 9 nitrogen and oxygen atoms in total. The van der Waals surface area contributed by atoms with Gasteiger partial charge in [0, 0.05) is 67.0 Å². The Bertz CT molecular complexity index is 1340. The highest BCUT2D eigenvalue weighted by molar-refractivity contribution is 7.86. The van der Waals surface area contributed by atoms with E-state index in [0.29, 0.717) is 16.7 Å². The lowest BCUT2D eigenvalue weighted by atomic mass is 9.98. The zero-order valence-corrected chi connectivity index (χ0v) is 19.3. The third kappa shape index (κ3) is 4.29. The molecule has 10 heteroatoms. The molecule has 0 atom stereocenters. The SMILES string of the molecule is COc1cc(-c2cc3cc(CN4CCNCC4)ccc3[nH]2)c2c(c1OS(C)(=O)=O)CNC2=O. The molecule has 1 amide bonds. The number of ether oxygens (including phenoxy) is 1. The first-order chi connectivity index (χ1) is 15.8. The Morgan fingerprint density at radius 2 is 1.91 bits per heavy atom. The molecule has 2 aromatic carbocycles. The second-order valence-electron chi connectivity index (χ2n) is 8.41. The number of nitrogens with one attached hydrogen (secondary N) is 3. The quantitative estimate of drug-likeness (QED) is 0.471. The first kappa shape index (κ1) is 21.7. The number of hydrogen-bond acceptors (Lipinski definition) is 7. The van der Waals surface area contributed by atoms with E-state index in [1.807, 2.05) is 6.07 Å². The summed E-state index contributed by atoms with van der Waals surface area (Å²) < 4.78 is 34.2. The highest BCUT2D eigenvalue weighted by Crippen LogP contribution is 2.43. The van der Waals surface area contributed by atoms with E-state index in [1.54, 1.807) is 6.07 Å². The molecule has 2 aliphatic heterocycles. The summed E-state index contributed by atoms with van der Waals surface area (Å²) in [4.78, 5) is 18.5. The molecule has 3 heterocycles. The van der Waals surface area contributed by atoms with Crippen LogP contribution in [0.5, 0.6) is 11.5 Å². The Balaban J connectivity index is 1.56. The van der Waals surface area contributed by atoms with Gasteiger partial charge in [-0.15, -0.1) is 0 Å². The van der Waals surface area contributed by atoms with Crippen LogP contribution in [0.15, 0.2) is 30.3 Å². The number of piperazine rings is 1. The molecule has 0 spiro atoms. The van der Waals surface area contributed by atoms with Crippen LogP contribution in [0.4, 0.5) is 0 Å². The minimum atomic E-state index is -3.80. The first-order valence-corrected chi connectivity index (χ1v) is 12.6. The van der Waals surface area contributed by atoms with Gasteiger partial charge in [0.1, 0.15) is 0 Å². The number of rotatable bonds is 6. The fraction of sp³-hybridized carbons (Fsp3) is 0.348. The molecule has 2 aliphatic rings. The summed E-state index contributed by atoms with van der Waals surface area (Å²) in [5, 5.41) is 7.18. The van der Waals surface area contributed by atoms with E-state index in [2.05, 4.69) is 38.7 Å². The fourth-order valence-corrected chi connectivity index (χ4v) is 5.02. The maximum absolute atomic E-state index is 12.7. The van der Waals surface area contributed by atoms with Gasteiger partial charge in [-0.25, -0.2) is 0 Å². The van der Waals surface area contributed by atoms with Gasteiger partial charge in [0.05, 0.1) is 18.9 Å². The van der Waals surface area contributed by atoms with E-state index in [1.165, 1.54) is 12.7 Å². The van der Waals surface area contributed by atoms with E-state index in [0.717, 1.165) is 55.6 Å². The van der Waals surface area contributed by atoms with Crippen LogP contribution in [0.25, 0.3) is 22.2 Å². The molecule has 3 N–H and O–H groups in total. The van der Waals surface area contributed by atoms with E-state index in [4.69, 9.17) is 8.92 Å². The molecule has 0 bridgehead atoms. The smallest absolute Gasteiger partial charge is 0.306 e. The van der Waals surface area contributed by atoms with Crippen LogP contribution < -0.4 is 19.6 Å². The van der Waals surface area contributed by atoms with Gasteiger partial charge in [0.15, 0.2) is 11.5 Å². The van der Waals surface area contributed by atoms with Gasteiger partial charge in [-0.05, 0) is 29.8 Å². The number of methoxy groups -OCH3 is 1. The van der Waals surface area contributed by atoms with Crippen LogP contribution in [-0.4, -0.2) is 63.8 Å². The summed E-state index contributed by atoms with van der Waals surface area (Å²) in [5.41, 5.74) is 4.43. The second kappa shape index (κ2) is 8.36. The largest absolute Gasteiger partial charge is 0.493 e. The average molecular weight is 471 g/mol. The number of benzene rings is 2. The summed E-state index contributed by atoms with van der Waals surface area (Å²) in [6.45, 7) is 5.12. The van der Waals surface area contributed by atoms with Gasteiger partial charge in [0.25, 0.3) is 5.91 Å². The summed E-state index contributed by atoms with van der Waals surface area (Å²) in [5.74, 6) is 0.0225. The molecule has 5 rings (SSSR count). The fourth-order valence-electron chi connectivity index (χ4n) is 4.54. The van der Waals surface area contributed by atoms with Crippen molar-refractivity contribution in [1.82, 2.24) is 20.5 Å². The standard InChI is InChI=1S/C23H26N4O5S/c1-31-20-11-16(21-17(12-25-23(21)28)22(20)32-33(2,29)30)19-10-15-9-14(3-4-18(15)26-19)13-27-7-5-24-6-8-27/h3-4,9-11,24,26H,5-8,12-13H2,1-2H3,(H,25,28).